The summed E-state index contributed by atoms with van der Waals surface area (Å²) in [7, 11) is 0. The number of aryl methyl sites for hydroxylation is 1. The van der Waals surface area contributed by atoms with Crippen LogP contribution in [0, 0.1) is 6.92 Å². The first-order valence-electron chi connectivity index (χ1n) is 4.09. The Bertz CT molecular complexity index is 464. The lowest BCUT2D eigenvalue weighted by molar-refractivity contribution is 1.04. The Morgan fingerprint density at radius 3 is 2.86 bits per heavy atom. The predicted molar refractivity (Wildman–Crippen MR) is 58.2 cm³/mol. The fourth-order valence-electron chi connectivity index (χ4n) is 1.20. The van der Waals surface area contributed by atoms with Gasteiger partial charge in [-0.3, -0.25) is 0 Å². The van der Waals surface area contributed by atoms with Gasteiger partial charge < -0.3 is 10.3 Å². The van der Waals surface area contributed by atoms with E-state index in [0.717, 1.165) is 15.9 Å². The first kappa shape index (κ1) is 9.21. The van der Waals surface area contributed by atoms with Crippen LogP contribution in [0.15, 0.2) is 29.3 Å². The molecule has 2 rings (SSSR count). The van der Waals surface area contributed by atoms with Gasteiger partial charge in [0.25, 0.3) is 0 Å². The van der Waals surface area contributed by atoms with E-state index in [1.54, 1.807) is 12.5 Å². The molecule has 0 atom stereocenters. The molecule has 0 spiro atoms. The molecule has 0 saturated heterocycles. The molecule has 0 saturated carbocycles. The lowest BCUT2D eigenvalue weighted by Crippen LogP contribution is -1.97. The van der Waals surface area contributed by atoms with Gasteiger partial charge in [-0.25, -0.2) is 9.97 Å². The molecule has 14 heavy (non-hydrogen) atoms. The third-order valence-electron chi connectivity index (χ3n) is 1.89. The van der Waals surface area contributed by atoms with Crippen LogP contribution in [0.2, 0.25) is 0 Å². The number of hydrogen-bond acceptors (Lipinski definition) is 3. The van der Waals surface area contributed by atoms with Crippen LogP contribution in [-0.2, 0) is 0 Å². The average Bonchev–Trinajstić information content (AvgIpc) is 2.57. The summed E-state index contributed by atoms with van der Waals surface area (Å²) in [6.07, 6.45) is 5.35. The predicted octanol–water partition coefficient (Wildman–Crippen LogP) is 1.92. The minimum atomic E-state index is 0.480. The van der Waals surface area contributed by atoms with Crippen molar-refractivity contribution in [1.82, 2.24) is 14.5 Å². The van der Waals surface area contributed by atoms with Crippen LogP contribution in [0.25, 0.3) is 5.69 Å². The molecule has 0 aliphatic heterocycles. The van der Waals surface area contributed by atoms with E-state index in [4.69, 9.17) is 5.73 Å². The van der Waals surface area contributed by atoms with Crippen molar-refractivity contribution in [1.29, 1.82) is 0 Å². The second kappa shape index (κ2) is 3.42. The number of pyridine rings is 1. The number of imidazole rings is 1. The smallest absolute Gasteiger partial charge is 0.139 e. The molecule has 0 amide bonds. The Morgan fingerprint density at radius 1 is 1.43 bits per heavy atom. The standard InChI is InChI=1S/C9H9BrN4/c1-6-4-14(5-13-6)7-2-3-12-9(11)8(7)10/h2-5H,1H3,(H2,11,12). The van der Waals surface area contributed by atoms with Gasteiger partial charge in [-0.1, -0.05) is 0 Å². The number of rotatable bonds is 1. The summed E-state index contributed by atoms with van der Waals surface area (Å²) >= 11 is 3.39. The van der Waals surface area contributed by atoms with E-state index in [1.807, 2.05) is 23.8 Å². The average molecular weight is 253 g/mol. The molecule has 2 heterocycles. The molecule has 4 nitrogen and oxygen atoms in total. The molecular weight excluding hydrogens is 244 g/mol. The summed E-state index contributed by atoms with van der Waals surface area (Å²) in [5, 5.41) is 0. The third-order valence-corrected chi connectivity index (χ3v) is 2.70. The van der Waals surface area contributed by atoms with Gasteiger partial charge in [0.1, 0.15) is 5.82 Å². The zero-order valence-electron chi connectivity index (χ0n) is 7.61. The molecule has 0 bridgehead atoms. The van der Waals surface area contributed by atoms with E-state index in [-0.39, 0.29) is 0 Å². The first-order valence-corrected chi connectivity index (χ1v) is 4.88. The lowest BCUT2D eigenvalue weighted by Gasteiger charge is -2.05. The van der Waals surface area contributed by atoms with Crippen LogP contribution in [0.3, 0.4) is 0 Å². The van der Waals surface area contributed by atoms with Gasteiger partial charge in [-0.05, 0) is 28.9 Å². The van der Waals surface area contributed by atoms with Crippen LogP contribution in [-0.4, -0.2) is 14.5 Å². The highest BCUT2D eigenvalue weighted by molar-refractivity contribution is 9.10. The van der Waals surface area contributed by atoms with E-state index in [0.29, 0.717) is 5.82 Å². The van der Waals surface area contributed by atoms with Gasteiger partial charge in [0.15, 0.2) is 0 Å². The summed E-state index contributed by atoms with van der Waals surface area (Å²) < 4.78 is 2.69. The SMILES string of the molecule is Cc1cn(-c2ccnc(N)c2Br)cn1. The molecule has 0 aromatic carbocycles. The maximum absolute atomic E-state index is 5.67. The highest BCUT2D eigenvalue weighted by Gasteiger charge is 2.05. The Labute approximate surface area is 89.9 Å². The highest BCUT2D eigenvalue weighted by Crippen LogP contribution is 2.24. The molecule has 2 N–H and O–H groups in total. The monoisotopic (exact) mass is 252 g/mol. The van der Waals surface area contributed by atoms with E-state index >= 15 is 0 Å². The van der Waals surface area contributed by atoms with Crippen LogP contribution >= 0.6 is 15.9 Å². The number of nitrogens with two attached hydrogens (primary N) is 1. The number of nitrogen functional groups attached to an aromatic ring is 1. The molecule has 2 aromatic heterocycles. The second-order valence-corrected chi connectivity index (χ2v) is 3.74. The minimum Gasteiger partial charge on any atom is -0.383 e. The maximum atomic E-state index is 5.67. The number of aromatic nitrogens is 3. The quantitative estimate of drug-likeness (QED) is 0.844. The summed E-state index contributed by atoms with van der Waals surface area (Å²) in [6.45, 7) is 1.94. The molecule has 0 fully saturated rings. The van der Waals surface area contributed by atoms with Crippen LogP contribution in [0.5, 0.6) is 0 Å². The van der Waals surface area contributed by atoms with Crippen molar-refractivity contribution in [3.8, 4) is 5.69 Å². The minimum absolute atomic E-state index is 0.480. The molecule has 0 unspecified atom stereocenters. The Hall–Kier alpha value is -1.36. The topological polar surface area (TPSA) is 56.7 Å². The first-order chi connectivity index (χ1) is 6.68. The molecule has 0 aliphatic carbocycles. The van der Waals surface area contributed by atoms with Gasteiger partial charge in [-0.15, -0.1) is 0 Å². The van der Waals surface area contributed by atoms with E-state index in [9.17, 15) is 0 Å². The fraction of sp³-hybridized carbons (Fsp3) is 0.111. The van der Waals surface area contributed by atoms with Crippen molar-refractivity contribution >= 4 is 21.7 Å². The van der Waals surface area contributed by atoms with E-state index in [1.165, 1.54) is 0 Å². The summed E-state index contributed by atoms with van der Waals surface area (Å²) in [6, 6.07) is 1.88. The summed E-state index contributed by atoms with van der Waals surface area (Å²) in [4.78, 5) is 8.11. The van der Waals surface area contributed by atoms with Crippen molar-refractivity contribution in [3.05, 3.63) is 35.0 Å². The zero-order valence-corrected chi connectivity index (χ0v) is 9.19. The van der Waals surface area contributed by atoms with Crippen molar-refractivity contribution in [2.45, 2.75) is 6.92 Å². The van der Waals surface area contributed by atoms with Crippen molar-refractivity contribution in [2.75, 3.05) is 5.73 Å². The van der Waals surface area contributed by atoms with Gasteiger partial charge in [0, 0.05) is 12.4 Å². The number of nitrogens with zero attached hydrogens (tertiary/aromatic N) is 3. The van der Waals surface area contributed by atoms with Gasteiger partial charge in [0.05, 0.1) is 22.2 Å². The highest BCUT2D eigenvalue weighted by atomic mass is 79.9. The largest absolute Gasteiger partial charge is 0.383 e. The maximum Gasteiger partial charge on any atom is 0.139 e. The van der Waals surface area contributed by atoms with Crippen LogP contribution in [0.1, 0.15) is 5.69 Å². The molecule has 0 radical (unpaired) electrons. The van der Waals surface area contributed by atoms with Crippen molar-refractivity contribution in [2.24, 2.45) is 0 Å². The summed E-state index contributed by atoms with van der Waals surface area (Å²) in [5.41, 5.74) is 7.58. The molecule has 0 aliphatic rings. The number of hydrogen-bond donors (Lipinski definition) is 1. The fourth-order valence-corrected chi connectivity index (χ4v) is 1.64. The number of anilines is 1. The molecular formula is C9H9BrN4. The molecule has 2 aromatic rings. The number of halogens is 1. The Kier molecular flexibility index (Phi) is 2.25. The molecule has 72 valence electrons. The lowest BCUT2D eigenvalue weighted by atomic mass is 10.4. The molecule has 5 heteroatoms. The van der Waals surface area contributed by atoms with Crippen LogP contribution in [0.4, 0.5) is 5.82 Å². The Balaban J connectivity index is 2.57. The van der Waals surface area contributed by atoms with Gasteiger partial charge in [0.2, 0.25) is 0 Å². The van der Waals surface area contributed by atoms with E-state index in [2.05, 4.69) is 25.9 Å². The van der Waals surface area contributed by atoms with Crippen LogP contribution < -0.4 is 5.73 Å². The Morgan fingerprint density at radius 2 is 2.21 bits per heavy atom. The van der Waals surface area contributed by atoms with Crippen molar-refractivity contribution in [3.63, 3.8) is 0 Å². The van der Waals surface area contributed by atoms with Crippen molar-refractivity contribution < 1.29 is 0 Å². The normalized spacial score (nSPS) is 10.4. The van der Waals surface area contributed by atoms with Gasteiger partial charge in [-0.2, -0.15) is 0 Å². The van der Waals surface area contributed by atoms with E-state index < -0.39 is 0 Å². The zero-order chi connectivity index (χ0) is 10.1. The second-order valence-electron chi connectivity index (χ2n) is 2.95. The third kappa shape index (κ3) is 1.50. The van der Waals surface area contributed by atoms with Gasteiger partial charge >= 0.3 is 0 Å². The summed E-state index contributed by atoms with van der Waals surface area (Å²) in [5.74, 6) is 0.480.